The fourth-order valence-corrected chi connectivity index (χ4v) is 3.81. The van der Waals surface area contributed by atoms with Crippen molar-refractivity contribution in [1.82, 2.24) is 0 Å². The number of nitrogens with zero attached hydrogens (tertiary/aromatic N) is 1. The van der Waals surface area contributed by atoms with Crippen molar-refractivity contribution in [1.29, 1.82) is 0 Å². The summed E-state index contributed by atoms with van der Waals surface area (Å²) < 4.78 is 14.2. The predicted octanol–water partition coefficient (Wildman–Crippen LogP) is 3.48. The van der Waals surface area contributed by atoms with E-state index in [2.05, 4.69) is 4.90 Å². The third-order valence-electron chi connectivity index (χ3n) is 4.75. The predicted molar refractivity (Wildman–Crippen MR) is 74.6 cm³/mol. The Morgan fingerprint density at radius 2 is 1.95 bits per heavy atom. The molecule has 3 rings (SSSR count). The molecule has 1 heterocycles. The molecule has 104 valence electrons. The van der Waals surface area contributed by atoms with Gasteiger partial charge in [-0.15, -0.1) is 0 Å². The van der Waals surface area contributed by atoms with E-state index in [4.69, 9.17) is 5.11 Å². The SMILES string of the molecule is OCc1ccc(N2CCC[C@H]3CCCC[C@H]32)c(F)c1. The minimum atomic E-state index is -0.183. The fourth-order valence-electron chi connectivity index (χ4n) is 3.81. The van der Waals surface area contributed by atoms with E-state index in [1.54, 1.807) is 0 Å². The molecule has 1 saturated carbocycles. The highest BCUT2D eigenvalue weighted by Gasteiger charge is 2.34. The molecule has 1 aliphatic heterocycles. The molecule has 0 unspecified atom stereocenters. The Kier molecular flexibility index (Phi) is 3.74. The Morgan fingerprint density at radius 3 is 2.74 bits per heavy atom. The van der Waals surface area contributed by atoms with Crippen molar-refractivity contribution < 1.29 is 9.50 Å². The molecule has 0 spiro atoms. The molecule has 1 aromatic carbocycles. The molecule has 1 aromatic rings. The van der Waals surface area contributed by atoms with Crippen molar-refractivity contribution in [3.05, 3.63) is 29.6 Å². The number of hydrogen-bond acceptors (Lipinski definition) is 2. The van der Waals surface area contributed by atoms with Gasteiger partial charge in [0, 0.05) is 12.6 Å². The van der Waals surface area contributed by atoms with E-state index in [-0.39, 0.29) is 12.4 Å². The summed E-state index contributed by atoms with van der Waals surface area (Å²) in [7, 11) is 0. The van der Waals surface area contributed by atoms with Gasteiger partial charge in [0.2, 0.25) is 0 Å². The molecule has 0 radical (unpaired) electrons. The zero-order chi connectivity index (χ0) is 13.2. The lowest BCUT2D eigenvalue weighted by atomic mass is 9.78. The molecule has 19 heavy (non-hydrogen) atoms. The molecule has 0 bridgehead atoms. The number of fused-ring (bicyclic) bond motifs is 1. The van der Waals surface area contributed by atoms with E-state index in [1.165, 1.54) is 44.6 Å². The van der Waals surface area contributed by atoms with Crippen LogP contribution in [-0.4, -0.2) is 17.7 Å². The summed E-state index contributed by atoms with van der Waals surface area (Å²) in [6, 6.07) is 5.68. The van der Waals surface area contributed by atoms with Gasteiger partial charge in [0.15, 0.2) is 0 Å². The van der Waals surface area contributed by atoms with Crippen LogP contribution in [0.15, 0.2) is 18.2 Å². The first-order valence-electron chi connectivity index (χ1n) is 7.45. The minimum Gasteiger partial charge on any atom is -0.392 e. The number of anilines is 1. The largest absolute Gasteiger partial charge is 0.392 e. The number of aliphatic hydroxyl groups is 1. The first-order chi connectivity index (χ1) is 9.29. The maximum atomic E-state index is 14.2. The summed E-state index contributed by atoms with van der Waals surface area (Å²) in [6.45, 7) is 0.875. The van der Waals surface area contributed by atoms with Gasteiger partial charge < -0.3 is 10.0 Å². The van der Waals surface area contributed by atoms with Crippen LogP contribution in [0, 0.1) is 11.7 Å². The fraction of sp³-hybridized carbons (Fsp3) is 0.625. The first kappa shape index (κ1) is 12.9. The highest BCUT2D eigenvalue weighted by molar-refractivity contribution is 5.50. The number of piperidine rings is 1. The van der Waals surface area contributed by atoms with Gasteiger partial charge in [0.05, 0.1) is 12.3 Å². The van der Waals surface area contributed by atoms with Crippen LogP contribution >= 0.6 is 0 Å². The van der Waals surface area contributed by atoms with Gasteiger partial charge in [-0.05, 0) is 49.3 Å². The number of benzene rings is 1. The van der Waals surface area contributed by atoms with Crippen LogP contribution < -0.4 is 4.90 Å². The van der Waals surface area contributed by atoms with Crippen LogP contribution in [0.4, 0.5) is 10.1 Å². The van der Waals surface area contributed by atoms with Crippen molar-refractivity contribution in [2.75, 3.05) is 11.4 Å². The molecule has 1 aliphatic carbocycles. The molecule has 1 saturated heterocycles. The van der Waals surface area contributed by atoms with Crippen molar-refractivity contribution in [3.8, 4) is 0 Å². The van der Waals surface area contributed by atoms with Crippen LogP contribution in [0.25, 0.3) is 0 Å². The smallest absolute Gasteiger partial charge is 0.146 e. The maximum absolute atomic E-state index is 14.2. The zero-order valence-corrected chi connectivity index (χ0v) is 11.3. The Bertz CT molecular complexity index is 446. The maximum Gasteiger partial charge on any atom is 0.146 e. The van der Waals surface area contributed by atoms with Crippen LogP contribution in [0.3, 0.4) is 0 Å². The second kappa shape index (κ2) is 5.49. The van der Waals surface area contributed by atoms with Gasteiger partial charge in [0.1, 0.15) is 5.82 Å². The second-order valence-corrected chi connectivity index (χ2v) is 5.89. The Hall–Kier alpha value is -1.09. The standard InChI is InChI=1S/C16H22FNO/c17-14-10-12(11-19)7-8-16(14)18-9-3-5-13-4-1-2-6-15(13)18/h7-8,10,13,15,19H,1-6,9,11H2/t13-,15-/m1/s1. The normalized spacial score (nSPS) is 27.2. The van der Waals surface area contributed by atoms with Gasteiger partial charge in [-0.25, -0.2) is 4.39 Å². The van der Waals surface area contributed by atoms with E-state index in [0.29, 0.717) is 11.6 Å². The van der Waals surface area contributed by atoms with Gasteiger partial charge in [-0.2, -0.15) is 0 Å². The number of aliphatic hydroxyl groups excluding tert-OH is 1. The number of halogens is 1. The summed E-state index contributed by atoms with van der Waals surface area (Å²) in [6.07, 6.45) is 7.58. The van der Waals surface area contributed by atoms with Gasteiger partial charge in [-0.3, -0.25) is 0 Å². The Balaban J connectivity index is 1.87. The van der Waals surface area contributed by atoms with Crippen molar-refractivity contribution in [3.63, 3.8) is 0 Å². The van der Waals surface area contributed by atoms with Gasteiger partial charge >= 0.3 is 0 Å². The molecule has 0 amide bonds. The van der Waals surface area contributed by atoms with E-state index < -0.39 is 0 Å². The third kappa shape index (κ3) is 2.48. The van der Waals surface area contributed by atoms with Gasteiger partial charge in [-0.1, -0.05) is 18.9 Å². The van der Waals surface area contributed by atoms with E-state index in [9.17, 15) is 4.39 Å². The lowest BCUT2D eigenvalue weighted by Gasteiger charge is -2.45. The molecule has 2 nitrogen and oxygen atoms in total. The highest BCUT2D eigenvalue weighted by Crippen LogP contribution is 2.38. The van der Waals surface area contributed by atoms with Crippen LogP contribution in [0.5, 0.6) is 0 Å². The summed E-state index contributed by atoms with van der Waals surface area (Å²) in [4.78, 5) is 2.28. The topological polar surface area (TPSA) is 23.5 Å². The summed E-state index contributed by atoms with van der Waals surface area (Å²) in [5.74, 6) is 0.567. The zero-order valence-electron chi connectivity index (χ0n) is 11.3. The summed E-state index contributed by atoms with van der Waals surface area (Å²) >= 11 is 0. The average Bonchev–Trinajstić information content (AvgIpc) is 2.46. The van der Waals surface area contributed by atoms with Crippen LogP contribution in [0.1, 0.15) is 44.1 Å². The van der Waals surface area contributed by atoms with E-state index in [1.807, 2.05) is 12.1 Å². The first-order valence-corrected chi connectivity index (χ1v) is 7.45. The molecule has 3 heteroatoms. The van der Waals surface area contributed by atoms with E-state index >= 15 is 0 Å². The minimum absolute atomic E-state index is 0.0940. The summed E-state index contributed by atoms with van der Waals surface area (Å²) in [5.41, 5.74) is 1.38. The molecule has 0 aromatic heterocycles. The molecule has 1 N–H and O–H groups in total. The molecular weight excluding hydrogens is 241 g/mol. The number of rotatable bonds is 2. The van der Waals surface area contributed by atoms with Crippen molar-refractivity contribution in [2.24, 2.45) is 5.92 Å². The van der Waals surface area contributed by atoms with Gasteiger partial charge in [0.25, 0.3) is 0 Å². The third-order valence-corrected chi connectivity index (χ3v) is 4.75. The van der Waals surface area contributed by atoms with Crippen molar-refractivity contribution >= 4 is 5.69 Å². The van der Waals surface area contributed by atoms with Crippen LogP contribution in [-0.2, 0) is 6.61 Å². The lowest BCUT2D eigenvalue weighted by Crippen LogP contribution is -2.47. The molecular formula is C16H22FNO. The Labute approximate surface area is 114 Å². The highest BCUT2D eigenvalue weighted by atomic mass is 19.1. The van der Waals surface area contributed by atoms with Crippen molar-refractivity contribution in [2.45, 2.75) is 51.2 Å². The lowest BCUT2D eigenvalue weighted by molar-refractivity contribution is 0.242. The second-order valence-electron chi connectivity index (χ2n) is 5.89. The average molecular weight is 263 g/mol. The monoisotopic (exact) mass is 263 g/mol. The Morgan fingerprint density at radius 1 is 1.16 bits per heavy atom. The molecule has 2 fully saturated rings. The quantitative estimate of drug-likeness (QED) is 0.883. The number of hydrogen-bond donors (Lipinski definition) is 1. The summed E-state index contributed by atoms with van der Waals surface area (Å²) in [5, 5.41) is 9.07. The van der Waals surface area contributed by atoms with Crippen LogP contribution in [0.2, 0.25) is 0 Å². The van der Waals surface area contributed by atoms with E-state index in [0.717, 1.165) is 18.2 Å². The molecule has 2 atom stereocenters. The molecule has 2 aliphatic rings.